The quantitative estimate of drug-likeness (QED) is 0.644. The van der Waals surface area contributed by atoms with Crippen LogP contribution in [0.25, 0.3) is 10.9 Å². The van der Waals surface area contributed by atoms with Gasteiger partial charge in [0.1, 0.15) is 10.6 Å². The van der Waals surface area contributed by atoms with Crippen molar-refractivity contribution in [1.82, 2.24) is 20.1 Å². The van der Waals surface area contributed by atoms with E-state index in [1.807, 2.05) is 0 Å². The minimum atomic E-state index is -4.42. The Kier molecular flexibility index (Phi) is 5.34. The molecule has 3 rings (SSSR count). The second-order valence-corrected chi connectivity index (χ2v) is 7.79. The number of alkyl halides is 3. The maximum atomic E-state index is 13.3. The molecular formula is C20H20ClF3N4O. The molecule has 1 unspecified atom stereocenters. The number of nitrogens with one attached hydrogen (secondary N) is 1. The number of halogens is 4. The van der Waals surface area contributed by atoms with Gasteiger partial charge in [-0.25, -0.2) is 0 Å². The normalized spacial score (nSPS) is 13.5. The van der Waals surface area contributed by atoms with Crippen molar-refractivity contribution in [3.05, 3.63) is 58.5 Å². The van der Waals surface area contributed by atoms with Gasteiger partial charge >= 0.3 is 6.18 Å². The molecule has 1 N–H and O–H groups in total. The Hall–Kier alpha value is -2.61. The Labute approximate surface area is 170 Å². The first kappa shape index (κ1) is 21.1. The Morgan fingerprint density at radius 3 is 2.48 bits per heavy atom. The third kappa shape index (κ3) is 3.94. The molecule has 9 heteroatoms. The predicted molar refractivity (Wildman–Crippen MR) is 105 cm³/mol. The van der Waals surface area contributed by atoms with E-state index in [1.165, 1.54) is 16.8 Å². The first-order valence-corrected chi connectivity index (χ1v) is 9.26. The van der Waals surface area contributed by atoms with E-state index in [-0.39, 0.29) is 17.6 Å². The molecule has 1 amide bonds. The second-order valence-electron chi connectivity index (χ2n) is 7.44. The number of benzene rings is 1. The first-order valence-electron chi connectivity index (χ1n) is 8.88. The number of rotatable bonds is 4. The van der Waals surface area contributed by atoms with Crippen LogP contribution in [0.4, 0.5) is 13.2 Å². The molecule has 29 heavy (non-hydrogen) atoms. The minimum absolute atomic E-state index is 0.0745. The van der Waals surface area contributed by atoms with Crippen LogP contribution in [0.5, 0.6) is 0 Å². The lowest BCUT2D eigenvalue weighted by molar-refractivity contribution is -0.181. The van der Waals surface area contributed by atoms with Crippen LogP contribution < -0.4 is 5.32 Å². The van der Waals surface area contributed by atoms with Crippen molar-refractivity contribution in [3.8, 4) is 0 Å². The van der Waals surface area contributed by atoms with Crippen molar-refractivity contribution in [3.63, 3.8) is 0 Å². The Morgan fingerprint density at radius 1 is 1.21 bits per heavy atom. The summed E-state index contributed by atoms with van der Waals surface area (Å²) in [6.07, 6.45) is -2.83. The second kappa shape index (κ2) is 7.33. The van der Waals surface area contributed by atoms with Crippen LogP contribution in [0.3, 0.4) is 0 Å². The van der Waals surface area contributed by atoms with E-state index in [0.717, 1.165) is 13.8 Å². The summed E-state index contributed by atoms with van der Waals surface area (Å²) in [6, 6.07) is 7.19. The van der Waals surface area contributed by atoms with Gasteiger partial charge in [-0.15, -0.1) is 0 Å². The number of pyridine rings is 1. The van der Waals surface area contributed by atoms with Crippen LogP contribution in [-0.2, 0) is 12.5 Å². The van der Waals surface area contributed by atoms with Crippen molar-refractivity contribution in [2.45, 2.75) is 38.4 Å². The molecule has 0 fully saturated rings. The van der Waals surface area contributed by atoms with Crippen LogP contribution in [0.15, 0.2) is 36.5 Å². The van der Waals surface area contributed by atoms with E-state index in [4.69, 9.17) is 11.6 Å². The largest absolute Gasteiger partial charge is 0.399 e. The molecule has 0 saturated carbocycles. The number of hydrogen-bond donors (Lipinski definition) is 1. The zero-order valence-electron chi connectivity index (χ0n) is 16.3. The molecule has 154 valence electrons. The third-order valence-corrected chi connectivity index (χ3v) is 5.47. The number of amides is 1. The van der Waals surface area contributed by atoms with Crippen LogP contribution in [0.2, 0.25) is 5.15 Å². The molecule has 0 radical (unpaired) electrons. The monoisotopic (exact) mass is 424 g/mol. The van der Waals surface area contributed by atoms with Crippen molar-refractivity contribution in [2.24, 2.45) is 7.05 Å². The highest BCUT2D eigenvalue weighted by atomic mass is 35.5. The number of aryl methyl sites for hydroxylation is 1. The van der Waals surface area contributed by atoms with Gasteiger partial charge in [-0.2, -0.15) is 18.3 Å². The van der Waals surface area contributed by atoms with E-state index in [0.29, 0.717) is 27.2 Å². The highest BCUT2D eigenvalue weighted by molar-refractivity contribution is 6.30. The van der Waals surface area contributed by atoms with E-state index >= 15 is 0 Å². The molecule has 0 aliphatic rings. The van der Waals surface area contributed by atoms with Gasteiger partial charge in [0.25, 0.3) is 5.91 Å². The average molecular weight is 425 g/mol. The van der Waals surface area contributed by atoms with Gasteiger partial charge in [-0.3, -0.25) is 14.5 Å². The molecule has 0 saturated heterocycles. The van der Waals surface area contributed by atoms with Crippen LogP contribution in [-0.4, -0.2) is 26.8 Å². The molecule has 0 aliphatic heterocycles. The highest BCUT2D eigenvalue weighted by Crippen LogP contribution is 2.40. The molecular weight excluding hydrogens is 405 g/mol. The summed E-state index contributed by atoms with van der Waals surface area (Å²) < 4.78 is 41.3. The van der Waals surface area contributed by atoms with E-state index in [9.17, 15) is 18.0 Å². The van der Waals surface area contributed by atoms with Crippen LogP contribution in [0.1, 0.15) is 48.4 Å². The summed E-state index contributed by atoms with van der Waals surface area (Å²) in [5.74, 6) is -0.334. The maximum Gasteiger partial charge on any atom is 0.399 e. The van der Waals surface area contributed by atoms with Crippen molar-refractivity contribution >= 4 is 28.4 Å². The minimum Gasteiger partial charge on any atom is -0.345 e. The Bertz CT molecular complexity index is 1080. The zero-order chi connectivity index (χ0) is 21.6. The summed E-state index contributed by atoms with van der Waals surface area (Å²) in [6.45, 7) is 3.97. The number of fused-ring (bicyclic) bond motifs is 1. The van der Waals surface area contributed by atoms with Gasteiger partial charge in [0.15, 0.2) is 0 Å². The lowest BCUT2D eigenvalue weighted by Gasteiger charge is -2.27. The molecule has 0 bridgehead atoms. The van der Waals surface area contributed by atoms with Gasteiger partial charge < -0.3 is 5.32 Å². The molecule has 3 aromatic rings. The maximum absolute atomic E-state index is 13.3. The molecule has 2 aromatic heterocycles. The fourth-order valence-electron chi connectivity index (χ4n) is 2.85. The van der Waals surface area contributed by atoms with E-state index in [2.05, 4.69) is 15.4 Å². The van der Waals surface area contributed by atoms with Crippen molar-refractivity contribution in [1.29, 1.82) is 0 Å². The summed E-state index contributed by atoms with van der Waals surface area (Å²) in [5.41, 5.74) is -0.706. The number of carbonyl (C=O) groups excluding carboxylic acids is 1. The Balaban J connectivity index is 1.85. The number of nitrogens with zero attached hydrogens (tertiary/aromatic N) is 3. The summed E-state index contributed by atoms with van der Waals surface area (Å²) in [7, 11) is 1.70. The topological polar surface area (TPSA) is 59.8 Å². The van der Waals surface area contributed by atoms with Gasteiger partial charge in [-0.1, -0.05) is 17.7 Å². The van der Waals surface area contributed by atoms with Gasteiger partial charge in [-0.05, 0) is 45.0 Å². The highest BCUT2D eigenvalue weighted by Gasteiger charge is 2.49. The summed E-state index contributed by atoms with van der Waals surface area (Å²) in [5, 5.41) is 7.90. The van der Waals surface area contributed by atoms with Gasteiger partial charge in [0.05, 0.1) is 23.4 Å². The molecule has 1 aromatic carbocycles. The lowest BCUT2D eigenvalue weighted by atomic mass is 9.87. The van der Waals surface area contributed by atoms with Crippen molar-refractivity contribution < 1.29 is 18.0 Å². The summed E-state index contributed by atoms with van der Waals surface area (Å²) in [4.78, 5) is 16.8. The summed E-state index contributed by atoms with van der Waals surface area (Å²) >= 11 is 6.16. The number of carbonyl (C=O) groups is 1. The molecule has 0 aliphatic carbocycles. The fraction of sp³-hybridized carbons (Fsp3) is 0.350. The molecule has 1 atom stereocenters. The third-order valence-electron chi connectivity index (χ3n) is 5.01. The average Bonchev–Trinajstić information content (AvgIpc) is 2.98. The SMILES string of the molecule is CC(NC(=O)c1ccc2nc(C(C)(C)C(F)(F)F)ccc2c1)c1cnn(C)c1Cl. The smallest absolute Gasteiger partial charge is 0.345 e. The number of aromatic nitrogens is 3. The van der Waals surface area contributed by atoms with E-state index < -0.39 is 11.6 Å². The van der Waals surface area contributed by atoms with E-state index in [1.54, 1.807) is 38.4 Å². The molecule has 0 spiro atoms. The molecule has 2 heterocycles. The standard InChI is InChI=1S/C20H20ClF3N4O/c1-11(14-10-25-28(4)17(14)21)26-18(29)13-5-7-15-12(9-13)6-8-16(27-15)19(2,3)20(22,23)24/h5-11H,1-4H3,(H,26,29). The lowest BCUT2D eigenvalue weighted by Crippen LogP contribution is -2.37. The fourth-order valence-corrected chi connectivity index (χ4v) is 3.10. The predicted octanol–water partition coefficient (Wildman–Crippen LogP) is 4.95. The Morgan fingerprint density at radius 2 is 1.90 bits per heavy atom. The first-order chi connectivity index (χ1) is 13.4. The molecule has 5 nitrogen and oxygen atoms in total. The number of hydrogen-bond acceptors (Lipinski definition) is 3. The van der Waals surface area contributed by atoms with Crippen LogP contribution in [0, 0.1) is 0 Å². The van der Waals surface area contributed by atoms with Crippen LogP contribution >= 0.6 is 11.6 Å². The zero-order valence-corrected chi connectivity index (χ0v) is 17.1. The van der Waals surface area contributed by atoms with Gasteiger partial charge in [0.2, 0.25) is 0 Å². The van der Waals surface area contributed by atoms with Crippen molar-refractivity contribution in [2.75, 3.05) is 0 Å². The van der Waals surface area contributed by atoms with Gasteiger partial charge in [0, 0.05) is 23.6 Å².